The van der Waals surface area contributed by atoms with Gasteiger partial charge >= 0.3 is 0 Å². The number of rotatable bonds is 5. The normalized spacial score (nSPS) is 21.7. The molecule has 1 saturated heterocycles. The first kappa shape index (κ1) is 11.0. The molecule has 1 fully saturated rings. The molecule has 1 atom stereocenters. The van der Waals surface area contributed by atoms with Crippen LogP contribution in [-0.2, 0) is 9.47 Å². The third-order valence-electron chi connectivity index (χ3n) is 2.67. The zero-order valence-corrected chi connectivity index (χ0v) is 8.50. The van der Waals surface area contributed by atoms with E-state index in [0.717, 1.165) is 25.6 Å². The van der Waals surface area contributed by atoms with Crippen LogP contribution >= 0.6 is 0 Å². The first-order chi connectivity index (χ1) is 6.33. The van der Waals surface area contributed by atoms with E-state index in [1.807, 2.05) is 0 Å². The lowest BCUT2D eigenvalue weighted by Crippen LogP contribution is -2.27. The second-order valence-electron chi connectivity index (χ2n) is 3.85. The molecule has 2 N–H and O–H groups in total. The lowest BCUT2D eigenvalue weighted by Gasteiger charge is -2.23. The van der Waals surface area contributed by atoms with E-state index in [9.17, 15) is 0 Å². The van der Waals surface area contributed by atoms with Crippen LogP contribution in [0.4, 0.5) is 0 Å². The van der Waals surface area contributed by atoms with Crippen LogP contribution in [0.2, 0.25) is 0 Å². The Morgan fingerprint density at radius 1 is 1.46 bits per heavy atom. The van der Waals surface area contributed by atoms with Gasteiger partial charge < -0.3 is 15.2 Å². The van der Waals surface area contributed by atoms with Crippen molar-refractivity contribution in [2.24, 2.45) is 11.7 Å². The maximum atomic E-state index is 5.85. The number of ether oxygens (including phenoxy) is 2. The molecule has 1 rings (SSSR count). The van der Waals surface area contributed by atoms with Crippen LogP contribution in [-0.4, -0.2) is 33.0 Å². The molecule has 0 saturated carbocycles. The minimum absolute atomic E-state index is 0.216. The minimum atomic E-state index is 0.216. The van der Waals surface area contributed by atoms with Crippen molar-refractivity contribution in [1.82, 2.24) is 0 Å². The van der Waals surface area contributed by atoms with Crippen molar-refractivity contribution in [3.8, 4) is 0 Å². The van der Waals surface area contributed by atoms with Crippen LogP contribution in [0.3, 0.4) is 0 Å². The summed E-state index contributed by atoms with van der Waals surface area (Å²) in [6.45, 7) is 2.55. The average Bonchev–Trinajstić information content (AvgIpc) is 2.17. The van der Waals surface area contributed by atoms with Crippen LogP contribution in [0.1, 0.15) is 25.7 Å². The molecule has 13 heavy (non-hydrogen) atoms. The lowest BCUT2D eigenvalue weighted by atomic mass is 9.93. The summed E-state index contributed by atoms with van der Waals surface area (Å²) < 4.78 is 10.3. The molecule has 78 valence electrons. The fraction of sp³-hybridized carbons (Fsp3) is 1.00. The van der Waals surface area contributed by atoms with Gasteiger partial charge in [0.1, 0.15) is 0 Å². The zero-order chi connectivity index (χ0) is 9.52. The van der Waals surface area contributed by atoms with Gasteiger partial charge in [0.25, 0.3) is 0 Å². The van der Waals surface area contributed by atoms with Crippen molar-refractivity contribution in [1.29, 1.82) is 0 Å². The number of hydrogen-bond acceptors (Lipinski definition) is 3. The van der Waals surface area contributed by atoms with Gasteiger partial charge in [0.05, 0.1) is 6.61 Å². The predicted octanol–water partition coefficient (Wildman–Crippen LogP) is 1.17. The summed E-state index contributed by atoms with van der Waals surface area (Å²) in [6, 6.07) is 0.216. The second kappa shape index (κ2) is 6.35. The van der Waals surface area contributed by atoms with Gasteiger partial charge in [-0.25, -0.2) is 0 Å². The van der Waals surface area contributed by atoms with Gasteiger partial charge in [-0.1, -0.05) is 0 Å². The van der Waals surface area contributed by atoms with E-state index in [4.69, 9.17) is 15.2 Å². The van der Waals surface area contributed by atoms with Gasteiger partial charge in [-0.3, -0.25) is 0 Å². The van der Waals surface area contributed by atoms with Crippen LogP contribution < -0.4 is 5.73 Å². The number of nitrogens with two attached hydrogens (primary N) is 1. The van der Waals surface area contributed by atoms with E-state index < -0.39 is 0 Å². The summed E-state index contributed by atoms with van der Waals surface area (Å²) in [5.74, 6) is 0.830. The van der Waals surface area contributed by atoms with Crippen LogP contribution in [0.25, 0.3) is 0 Å². The molecular weight excluding hydrogens is 166 g/mol. The maximum Gasteiger partial charge on any atom is 0.0613 e. The van der Waals surface area contributed by atoms with Crippen molar-refractivity contribution >= 4 is 0 Å². The molecule has 1 aliphatic heterocycles. The Hall–Kier alpha value is -0.120. The minimum Gasteiger partial charge on any atom is -0.383 e. The molecule has 0 aromatic carbocycles. The highest BCUT2D eigenvalue weighted by Crippen LogP contribution is 2.20. The molecule has 0 spiro atoms. The molecule has 3 nitrogen and oxygen atoms in total. The van der Waals surface area contributed by atoms with Gasteiger partial charge in [0.2, 0.25) is 0 Å². The number of methoxy groups -OCH3 is 1. The molecule has 0 aliphatic carbocycles. The highest BCUT2D eigenvalue weighted by Gasteiger charge is 2.14. The van der Waals surface area contributed by atoms with E-state index in [1.54, 1.807) is 7.11 Å². The van der Waals surface area contributed by atoms with Gasteiger partial charge in [-0.15, -0.1) is 0 Å². The lowest BCUT2D eigenvalue weighted by molar-refractivity contribution is 0.0616. The summed E-state index contributed by atoms with van der Waals surface area (Å²) in [5.41, 5.74) is 5.85. The van der Waals surface area contributed by atoms with Crippen LogP contribution in [0.15, 0.2) is 0 Å². The van der Waals surface area contributed by atoms with Gasteiger partial charge in [-0.05, 0) is 31.6 Å². The summed E-state index contributed by atoms with van der Waals surface area (Å²) in [4.78, 5) is 0. The average molecular weight is 187 g/mol. The van der Waals surface area contributed by atoms with E-state index in [2.05, 4.69) is 0 Å². The third-order valence-corrected chi connectivity index (χ3v) is 2.67. The van der Waals surface area contributed by atoms with Gasteiger partial charge in [0.15, 0.2) is 0 Å². The Balaban J connectivity index is 2.03. The van der Waals surface area contributed by atoms with Gasteiger partial charge in [-0.2, -0.15) is 0 Å². The molecule has 1 heterocycles. The van der Waals surface area contributed by atoms with Crippen molar-refractivity contribution in [2.75, 3.05) is 26.9 Å². The van der Waals surface area contributed by atoms with E-state index in [0.29, 0.717) is 6.61 Å². The summed E-state index contributed by atoms with van der Waals surface area (Å²) >= 11 is 0. The fourth-order valence-electron chi connectivity index (χ4n) is 1.78. The summed E-state index contributed by atoms with van der Waals surface area (Å²) in [6.07, 6.45) is 4.73. The van der Waals surface area contributed by atoms with Crippen molar-refractivity contribution in [2.45, 2.75) is 31.7 Å². The predicted molar refractivity (Wildman–Crippen MR) is 52.6 cm³/mol. The SMILES string of the molecule is COCC(N)CCC1CCOCC1. The quantitative estimate of drug-likeness (QED) is 0.702. The molecule has 3 heteroatoms. The largest absolute Gasteiger partial charge is 0.383 e. The third kappa shape index (κ3) is 4.60. The molecule has 1 unspecified atom stereocenters. The molecule has 0 aromatic rings. The van der Waals surface area contributed by atoms with E-state index in [-0.39, 0.29) is 6.04 Å². The Morgan fingerprint density at radius 3 is 2.77 bits per heavy atom. The molecule has 1 aliphatic rings. The van der Waals surface area contributed by atoms with E-state index >= 15 is 0 Å². The standard InChI is InChI=1S/C10H21NO2/c1-12-8-10(11)3-2-9-4-6-13-7-5-9/h9-10H,2-8,11H2,1H3. The fourth-order valence-corrected chi connectivity index (χ4v) is 1.78. The summed E-state index contributed by atoms with van der Waals surface area (Å²) in [7, 11) is 1.70. The Labute approximate surface area is 80.6 Å². The molecule has 0 radical (unpaired) electrons. The van der Waals surface area contributed by atoms with Gasteiger partial charge in [0, 0.05) is 26.4 Å². The smallest absolute Gasteiger partial charge is 0.0613 e. The van der Waals surface area contributed by atoms with E-state index in [1.165, 1.54) is 19.3 Å². The zero-order valence-electron chi connectivity index (χ0n) is 8.50. The first-order valence-corrected chi connectivity index (χ1v) is 5.15. The Morgan fingerprint density at radius 2 is 2.15 bits per heavy atom. The topological polar surface area (TPSA) is 44.5 Å². The first-order valence-electron chi connectivity index (χ1n) is 5.15. The molecule has 0 aromatic heterocycles. The maximum absolute atomic E-state index is 5.85. The van der Waals surface area contributed by atoms with Crippen LogP contribution in [0.5, 0.6) is 0 Å². The Bertz CT molecular complexity index is 124. The summed E-state index contributed by atoms with van der Waals surface area (Å²) in [5, 5.41) is 0. The monoisotopic (exact) mass is 187 g/mol. The highest BCUT2D eigenvalue weighted by molar-refractivity contribution is 4.67. The molecular formula is C10H21NO2. The number of hydrogen-bond donors (Lipinski definition) is 1. The molecule has 0 amide bonds. The van der Waals surface area contributed by atoms with Crippen molar-refractivity contribution < 1.29 is 9.47 Å². The molecule has 0 bridgehead atoms. The van der Waals surface area contributed by atoms with Crippen molar-refractivity contribution in [3.63, 3.8) is 0 Å². The second-order valence-corrected chi connectivity index (χ2v) is 3.85. The highest BCUT2D eigenvalue weighted by atomic mass is 16.5. The van der Waals surface area contributed by atoms with Crippen molar-refractivity contribution in [3.05, 3.63) is 0 Å². The van der Waals surface area contributed by atoms with Crippen LogP contribution in [0, 0.1) is 5.92 Å². The Kier molecular flexibility index (Phi) is 5.35.